The van der Waals surface area contributed by atoms with Gasteiger partial charge >= 0.3 is 7.12 Å². The predicted molar refractivity (Wildman–Crippen MR) is 52.1 cm³/mol. The van der Waals surface area contributed by atoms with Crippen molar-refractivity contribution in [2.75, 3.05) is 6.61 Å². The molecule has 0 spiro atoms. The summed E-state index contributed by atoms with van der Waals surface area (Å²) in [6.45, 7) is 1.93. The second-order valence-corrected chi connectivity index (χ2v) is 2.79. The largest absolute Gasteiger partial charge is 0.493 e. The lowest BCUT2D eigenvalue weighted by atomic mass is 9.78. The lowest BCUT2D eigenvalue weighted by Crippen LogP contribution is -2.32. The summed E-state index contributed by atoms with van der Waals surface area (Å²) in [6.07, 6.45) is 0. The lowest BCUT2D eigenvalue weighted by Gasteiger charge is -2.11. The third kappa shape index (κ3) is 2.46. The van der Waals surface area contributed by atoms with Crippen LogP contribution in [0.25, 0.3) is 0 Å². The fourth-order valence-electron chi connectivity index (χ4n) is 1.19. The van der Waals surface area contributed by atoms with E-state index in [1.165, 1.54) is 0 Å². The Kier molecular flexibility index (Phi) is 3.66. The zero-order valence-electron chi connectivity index (χ0n) is 8.07. The molecule has 0 bridgehead atoms. The molecule has 0 amide bonds. The molecule has 0 fully saturated rings. The van der Waals surface area contributed by atoms with Gasteiger partial charge in [0.05, 0.1) is 12.2 Å². The summed E-state index contributed by atoms with van der Waals surface area (Å²) in [6, 6.07) is 3.64. The van der Waals surface area contributed by atoms with Gasteiger partial charge in [-0.2, -0.15) is 5.26 Å². The molecule has 1 rings (SSSR count). The van der Waals surface area contributed by atoms with Crippen molar-refractivity contribution in [3.8, 4) is 11.8 Å². The number of hydrogen-bond donors (Lipinski definition) is 2. The Labute approximate surface area is 86.7 Å². The van der Waals surface area contributed by atoms with Gasteiger partial charge < -0.3 is 14.8 Å². The van der Waals surface area contributed by atoms with Crippen molar-refractivity contribution >= 4 is 12.6 Å². The molecule has 2 N–H and O–H groups in total. The lowest BCUT2D eigenvalue weighted by molar-refractivity contribution is 0.338. The van der Waals surface area contributed by atoms with Crippen LogP contribution in [0.1, 0.15) is 12.5 Å². The highest BCUT2D eigenvalue weighted by molar-refractivity contribution is 6.59. The molecule has 78 valence electrons. The molecule has 4 nitrogen and oxygen atoms in total. The van der Waals surface area contributed by atoms with E-state index < -0.39 is 12.9 Å². The number of nitriles is 1. The maximum atomic E-state index is 13.0. The molecule has 0 aromatic heterocycles. The molecular formula is C9H9BFNO3. The minimum absolute atomic E-state index is 0.0106. The molecule has 0 saturated heterocycles. The van der Waals surface area contributed by atoms with E-state index in [1.54, 1.807) is 13.0 Å². The molecule has 0 aliphatic rings. The van der Waals surface area contributed by atoms with E-state index in [9.17, 15) is 4.39 Å². The van der Waals surface area contributed by atoms with E-state index in [-0.39, 0.29) is 23.4 Å². The Morgan fingerprint density at radius 1 is 1.53 bits per heavy atom. The summed E-state index contributed by atoms with van der Waals surface area (Å²) in [5.74, 6) is -0.700. The summed E-state index contributed by atoms with van der Waals surface area (Å²) in [5.41, 5.74) is -0.201. The summed E-state index contributed by atoms with van der Waals surface area (Å²) < 4.78 is 18.0. The van der Waals surface area contributed by atoms with E-state index in [4.69, 9.17) is 20.0 Å². The molecule has 1 aromatic carbocycles. The monoisotopic (exact) mass is 209 g/mol. The topological polar surface area (TPSA) is 73.5 Å². The molecule has 6 heteroatoms. The van der Waals surface area contributed by atoms with Gasteiger partial charge in [0.15, 0.2) is 0 Å². The first-order valence-electron chi connectivity index (χ1n) is 4.32. The normalized spacial score (nSPS) is 9.53. The summed E-state index contributed by atoms with van der Waals surface area (Å²) in [4.78, 5) is 0. The van der Waals surface area contributed by atoms with Crippen molar-refractivity contribution in [2.45, 2.75) is 6.92 Å². The molecule has 0 aliphatic carbocycles. The first-order chi connectivity index (χ1) is 7.10. The first-order valence-corrected chi connectivity index (χ1v) is 4.32. The van der Waals surface area contributed by atoms with E-state index >= 15 is 0 Å². The summed E-state index contributed by atoms with van der Waals surface area (Å²) >= 11 is 0. The van der Waals surface area contributed by atoms with Gasteiger partial charge in [-0.25, -0.2) is 4.39 Å². The van der Waals surface area contributed by atoms with Crippen LogP contribution in [0.2, 0.25) is 0 Å². The van der Waals surface area contributed by atoms with Crippen molar-refractivity contribution in [1.29, 1.82) is 5.26 Å². The van der Waals surface area contributed by atoms with Crippen LogP contribution in [0.5, 0.6) is 5.75 Å². The van der Waals surface area contributed by atoms with E-state index in [0.717, 1.165) is 12.1 Å². The SMILES string of the molecule is CCOc1c(C#N)cc(F)cc1B(O)O. The molecular weight excluding hydrogens is 200 g/mol. The van der Waals surface area contributed by atoms with Crippen LogP contribution in [0.15, 0.2) is 12.1 Å². The van der Waals surface area contributed by atoms with Gasteiger partial charge in [0, 0.05) is 5.46 Å². The van der Waals surface area contributed by atoms with Crippen LogP contribution in [-0.4, -0.2) is 23.8 Å². The Hall–Kier alpha value is -1.58. The fourth-order valence-corrected chi connectivity index (χ4v) is 1.19. The molecule has 1 aromatic rings. The van der Waals surface area contributed by atoms with Crippen LogP contribution < -0.4 is 10.2 Å². The average Bonchev–Trinajstić information content (AvgIpc) is 2.19. The first kappa shape index (κ1) is 11.5. The minimum atomic E-state index is -1.87. The molecule has 0 aliphatic heterocycles. The van der Waals surface area contributed by atoms with Crippen molar-refractivity contribution in [3.05, 3.63) is 23.5 Å². The second-order valence-electron chi connectivity index (χ2n) is 2.79. The highest BCUT2D eigenvalue weighted by Crippen LogP contribution is 2.17. The van der Waals surface area contributed by atoms with Crippen LogP contribution >= 0.6 is 0 Å². The van der Waals surface area contributed by atoms with Gasteiger partial charge in [-0.15, -0.1) is 0 Å². The van der Waals surface area contributed by atoms with Gasteiger partial charge in [0.1, 0.15) is 17.6 Å². The average molecular weight is 209 g/mol. The number of rotatable bonds is 3. The molecule has 0 radical (unpaired) electrons. The maximum Gasteiger partial charge on any atom is 0.492 e. The highest BCUT2D eigenvalue weighted by Gasteiger charge is 2.21. The molecule has 15 heavy (non-hydrogen) atoms. The molecule has 0 unspecified atom stereocenters. The molecule has 0 saturated carbocycles. The van der Waals surface area contributed by atoms with Crippen molar-refractivity contribution in [1.82, 2.24) is 0 Å². The van der Waals surface area contributed by atoms with Gasteiger partial charge in [-0.3, -0.25) is 0 Å². The summed E-state index contributed by atoms with van der Waals surface area (Å²) in [7, 11) is -1.87. The number of ether oxygens (including phenoxy) is 1. The molecule has 0 heterocycles. The van der Waals surface area contributed by atoms with Gasteiger partial charge in [0.2, 0.25) is 0 Å². The Balaban J connectivity index is 3.35. The maximum absolute atomic E-state index is 13.0. The van der Waals surface area contributed by atoms with E-state index in [0.29, 0.717) is 0 Å². The predicted octanol–water partition coefficient (Wildman–Crippen LogP) is -0.224. The number of hydrogen-bond acceptors (Lipinski definition) is 4. The van der Waals surface area contributed by atoms with E-state index in [2.05, 4.69) is 0 Å². The highest BCUT2D eigenvalue weighted by atomic mass is 19.1. The smallest absolute Gasteiger partial charge is 0.492 e. The van der Waals surface area contributed by atoms with Crippen LogP contribution in [-0.2, 0) is 0 Å². The van der Waals surface area contributed by atoms with Crippen molar-refractivity contribution in [2.24, 2.45) is 0 Å². The van der Waals surface area contributed by atoms with Crippen molar-refractivity contribution < 1.29 is 19.2 Å². The Bertz CT molecular complexity index is 403. The zero-order chi connectivity index (χ0) is 11.4. The quantitative estimate of drug-likeness (QED) is 0.674. The van der Waals surface area contributed by atoms with Crippen LogP contribution in [0, 0.1) is 17.1 Å². The van der Waals surface area contributed by atoms with Gasteiger partial charge in [-0.1, -0.05) is 0 Å². The van der Waals surface area contributed by atoms with Gasteiger partial charge in [0.25, 0.3) is 0 Å². The number of nitrogens with zero attached hydrogens (tertiary/aromatic N) is 1. The van der Waals surface area contributed by atoms with Gasteiger partial charge in [-0.05, 0) is 19.1 Å². The van der Waals surface area contributed by atoms with Crippen LogP contribution in [0.4, 0.5) is 4.39 Å². The fraction of sp³-hybridized carbons (Fsp3) is 0.222. The number of benzene rings is 1. The van der Waals surface area contributed by atoms with Crippen molar-refractivity contribution in [3.63, 3.8) is 0 Å². The summed E-state index contributed by atoms with van der Waals surface area (Å²) in [5, 5.41) is 26.7. The Morgan fingerprint density at radius 3 is 2.67 bits per heavy atom. The van der Waals surface area contributed by atoms with E-state index in [1.807, 2.05) is 0 Å². The number of halogens is 1. The Morgan fingerprint density at radius 2 is 2.20 bits per heavy atom. The minimum Gasteiger partial charge on any atom is -0.493 e. The molecule has 0 atom stereocenters. The standard InChI is InChI=1S/C9H9BFNO3/c1-2-15-9-6(5-12)3-7(11)4-8(9)10(13)14/h3-4,13-14H,2H2,1H3. The zero-order valence-corrected chi connectivity index (χ0v) is 8.07. The third-order valence-corrected chi connectivity index (χ3v) is 1.77. The second kappa shape index (κ2) is 4.78. The van der Waals surface area contributed by atoms with Crippen LogP contribution in [0.3, 0.4) is 0 Å². The third-order valence-electron chi connectivity index (χ3n) is 1.77.